The van der Waals surface area contributed by atoms with Gasteiger partial charge in [-0.15, -0.1) is 11.3 Å². The molecule has 20 heavy (non-hydrogen) atoms. The van der Waals surface area contributed by atoms with Gasteiger partial charge in [0, 0.05) is 11.1 Å². The third kappa shape index (κ3) is 3.64. The topological polar surface area (TPSA) is 34.1 Å². The van der Waals surface area contributed by atoms with Gasteiger partial charge in [0.25, 0.3) is 0 Å². The number of benzene rings is 1. The number of ether oxygens (including phenoxy) is 1. The van der Waals surface area contributed by atoms with Crippen LogP contribution in [0.5, 0.6) is 5.75 Å². The number of aromatic nitrogens is 1. The molecule has 0 amide bonds. The maximum atomic E-state index is 5.84. The summed E-state index contributed by atoms with van der Waals surface area (Å²) in [5.41, 5.74) is 2.36. The third-order valence-corrected chi connectivity index (χ3v) is 4.16. The van der Waals surface area contributed by atoms with Crippen LogP contribution in [0.3, 0.4) is 0 Å². The van der Waals surface area contributed by atoms with Gasteiger partial charge in [0.1, 0.15) is 5.75 Å². The molecule has 0 aliphatic heterocycles. The molecule has 2 aromatic rings. The van der Waals surface area contributed by atoms with Gasteiger partial charge in [-0.25, -0.2) is 4.98 Å². The SMILES string of the molecule is COc1ccc(C(C)(C)C)cc1NCc1cnc(Cl)s1. The maximum Gasteiger partial charge on any atom is 0.183 e. The molecule has 2 rings (SSSR count). The average Bonchev–Trinajstić information content (AvgIpc) is 2.80. The highest BCUT2D eigenvalue weighted by Gasteiger charge is 2.16. The van der Waals surface area contributed by atoms with E-state index in [-0.39, 0.29) is 5.41 Å². The first-order valence-corrected chi connectivity index (χ1v) is 7.62. The van der Waals surface area contributed by atoms with E-state index in [4.69, 9.17) is 16.3 Å². The number of nitrogens with one attached hydrogen (secondary N) is 1. The maximum absolute atomic E-state index is 5.84. The van der Waals surface area contributed by atoms with Crippen molar-refractivity contribution in [2.24, 2.45) is 0 Å². The van der Waals surface area contributed by atoms with Gasteiger partial charge < -0.3 is 10.1 Å². The van der Waals surface area contributed by atoms with E-state index in [0.717, 1.165) is 16.3 Å². The van der Waals surface area contributed by atoms with Gasteiger partial charge in [-0.3, -0.25) is 0 Å². The zero-order valence-corrected chi connectivity index (χ0v) is 13.7. The van der Waals surface area contributed by atoms with E-state index in [9.17, 15) is 0 Å². The minimum atomic E-state index is 0.108. The first kappa shape index (κ1) is 15.1. The number of rotatable bonds is 4. The van der Waals surface area contributed by atoms with E-state index in [1.165, 1.54) is 16.9 Å². The first-order chi connectivity index (χ1) is 9.40. The van der Waals surface area contributed by atoms with Crippen LogP contribution in [0.4, 0.5) is 5.69 Å². The van der Waals surface area contributed by atoms with Crippen molar-refractivity contribution in [1.82, 2.24) is 4.98 Å². The molecule has 0 fully saturated rings. The minimum absolute atomic E-state index is 0.108. The zero-order chi connectivity index (χ0) is 14.8. The van der Waals surface area contributed by atoms with E-state index in [1.807, 2.05) is 6.07 Å². The summed E-state index contributed by atoms with van der Waals surface area (Å²) in [5.74, 6) is 0.841. The Bertz CT molecular complexity index is 590. The Balaban J connectivity index is 2.20. The van der Waals surface area contributed by atoms with Crippen LogP contribution in [0.25, 0.3) is 0 Å². The number of nitrogens with zero attached hydrogens (tertiary/aromatic N) is 1. The summed E-state index contributed by atoms with van der Waals surface area (Å²) >= 11 is 7.32. The monoisotopic (exact) mass is 310 g/mol. The lowest BCUT2D eigenvalue weighted by atomic mass is 9.87. The molecule has 1 heterocycles. The van der Waals surface area contributed by atoms with Gasteiger partial charge in [-0.2, -0.15) is 0 Å². The predicted octanol–water partition coefficient (Wildman–Crippen LogP) is 4.71. The second-order valence-corrected chi connectivity index (χ2v) is 7.30. The van der Waals surface area contributed by atoms with Crippen molar-refractivity contribution in [3.63, 3.8) is 0 Å². The lowest BCUT2D eigenvalue weighted by Crippen LogP contribution is -2.12. The fourth-order valence-corrected chi connectivity index (χ4v) is 2.78. The first-order valence-electron chi connectivity index (χ1n) is 6.43. The Kier molecular flexibility index (Phi) is 4.55. The summed E-state index contributed by atoms with van der Waals surface area (Å²) in [6.45, 7) is 7.28. The van der Waals surface area contributed by atoms with Gasteiger partial charge in [0.05, 0.1) is 19.3 Å². The Labute approximate surface area is 129 Å². The molecule has 0 aliphatic carbocycles. The molecule has 5 heteroatoms. The van der Waals surface area contributed by atoms with Gasteiger partial charge in [-0.05, 0) is 23.1 Å². The normalized spacial score (nSPS) is 11.4. The van der Waals surface area contributed by atoms with E-state index >= 15 is 0 Å². The highest BCUT2D eigenvalue weighted by molar-refractivity contribution is 7.15. The minimum Gasteiger partial charge on any atom is -0.495 e. The van der Waals surface area contributed by atoms with Crippen molar-refractivity contribution in [1.29, 1.82) is 0 Å². The highest BCUT2D eigenvalue weighted by atomic mass is 35.5. The van der Waals surface area contributed by atoms with E-state index in [1.54, 1.807) is 13.3 Å². The molecule has 0 unspecified atom stereocenters. The molecule has 0 radical (unpaired) electrons. The Morgan fingerprint density at radius 3 is 2.65 bits per heavy atom. The molecule has 0 saturated carbocycles. The molecule has 0 saturated heterocycles. The molecular weight excluding hydrogens is 292 g/mol. The molecule has 3 nitrogen and oxygen atoms in total. The van der Waals surface area contributed by atoms with Crippen molar-refractivity contribution in [2.45, 2.75) is 32.7 Å². The van der Waals surface area contributed by atoms with Crippen LogP contribution in [-0.2, 0) is 12.0 Å². The quantitative estimate of drug-likeness (QED) is 0.887. The van der Waals surface area contributed by atoms with E-state index in [0.29, 0.717) is 11.0 Å². The van der Waals surface area contributed by atoms with Gasteiger partial charge in [-0.1, -0.05) is 38.4 Å². The Morgan fingerprint density at radius 1 is 1.35 bits per heavy atom. The summed E-state index contributed by atoms with van der Waals surface area (Å²) in [6, 6.07) is 6.25. The lowest BCUT2D eigenvalue weighted by molar-refractivity contribution is 0.416. The molecule has 1 N–H and O–H groups in total. The van der Waals surface area contributed by atoms with Crippen LogP contribution in [0.15, 0.2) is 24.4 Å². The van der Waals surface area contributed by atoms with Gasteiger partial charge in [0.15, 0.2) is 4.47 Å². The molecule has 0 spiro atoms. The number of thiazole rings is 1. The Morgan fingerprint density at radius 2 is 2.10 bits per heavy atom. The number of halogens is 1. The standard InChI is InChI=1S/C15H19ClN2OS/c1-15(2,3)10-5-6-13(19-4)12(7-10)17-8-11-9-18-14(16)20-11/h5-7,9,17H,8H2,1-4H3. The van der Waals surface area contributed by atoms with Crippen LogP contribution < -0.4 is 10.1 Å². The predicted molar refractivity (Wildman–Crippen MR) is 86.1 cm³/mol. The third-order valence-electron chi connectivity index (χ3n) is 3.04. The Hall–Kier alpha value is -1.26. The van der Waals surface area contributed by atoms with Crippen LogP contribution in [0, 0.1) is 0 Å². The number of methoxy groups -OCH3 is 1. The molecular formula is C15H19ClN2OS. The van der Waals surface area contributed by atoms with E-state index < -0.39 is 0 Å². The van der Waals surface area contributed by atoms with E-state index in [2.05, 4.69) is 43.2 Å². The number of hydrogen-bond acceptors (Lipinski definition) is 4. The van der Waals surface area contributed by atoms with Crippen LogP contribution in [-0.4, -0.2) is 12.1 Å². The second-order valence-electron chi connectivity index (χ2n) is 5.60. The smallest absolute Gasteiger partial charge is 0.183 e. The molecule has 0 aliphatic rings. The molecule has 108 valence electrons. The fourth-order valence-electron chi connectivity index (χ4n) is 1.86. The second kappa shape index (κ2) is 6.02. The lowest BCUT2D eigenvalue weighted by Gasteiger charge is -2.21. The molecule has 1 aromatic heterocycles. The summed E-state index contributed by atoms with van der Waals surface area (Å²) < 4.78 is 5.97. The molecule has 0 atom stereocenters. The summed E-state index contributed by atoms with van der Waals surface area (Å²) in [5, 5.41) is 3.39. The van der Waals surface area contributed by atoms with Crippen LogP contribution >= 0.6 is 22.9 Å². The van der Waals surface area contributed by atoms with Crippen molar-refractivity contribution in [3.8, 4) is 5.75 Å². The van der Waals surface area contributed by atoms with Gasteiger partial charge in [0.2, 0.25) is 0 Å². The van der Waals surface area contributed by atoms with Crippen molar-refractivity contribution < 1.29 is 4.74 Å². The highest BCUT2D eigenvalue weighted by Crippen LogP contribution is 2.32. The van der Waals surface area contributed by atoms with Crippen molar-refractivity contribution >= 4 is 28.6 Å². The summed E-state index contributed by atoms with van der Waals surface area (Å²) in [6.07, 6.45) is 1.79. The van der Waals surface area contributed by atoms with Gasteiger partial charge >= 0.3 is 0 Å². The summed E-state index contributed by atoms with van der Waals surface area (Å²) in [4.78, 5) is 5.14. The number of hydrogen-bond donors (Lipinski definition) is 1. The van der Waals surface area contributed by atoms with Crippen LogP contribution in [0.2, 0.25) is 4.47 Å². The van der Waals surface area contributed by atoms with Crippen molar-refractivity contribution in [2.75, 3.05) is 12.4 Å². The molecule has 0 bridgehead atoms. The zero-order valence-electron chi connectivity index (χ0n) is 12.2. The average molecular weight is 311 g/mol. The van der Waals surface area contributed by atoms with Crippen molar-refractivity contribution in [3.05, 3.63) is 39.3 Å². The fraction of sp³-hybridized carbons (Fsp3) is 0.400. The van der Waals surface area contributed by atoms with Crippen LogP contribution in [0.1, 0.15) is 31.2 Å². The molecule has 1 aromatic carbocycles. The largest absolute Gasteiger partial charge is 0.495 e. The number of anilines is 1. The summed E-state index contributed by atoms with van der Waals surface area (Å²) in [7, 11) is 1.68.